The number of hydrogen-bond acceptors (Lipinski definition) is 5. The molecule has 0 amide bonds. The summed E-state index contributed by atoms with van der Waals surface area (Å²) in [5.41, 5.74) is 1.25. The van der Waals surface area contributed by atoms with Gasteiger partial charge in [0.2, 0.25) is 10.0 Å². The minimum atomic E-state index is -3.71. The molecule has 2 N–H and O–H groups in total. The topological polar surface area (TPSA) is 97.4 Å². The maximum atomic E-state index is 12.3. The molecule has 0 unspecified atom stereocenters. The van der Waals surface area contributed by atoms with Crippen LogP contribution in [0.2, 0.25) is 0 Å². The third-order valence-electron chi connectivity index (χ3n) is 3.22. The molecule has 116 valence electrons. The Balaban J connectivity index is 2.12. The van der Waals surface area contributed by atoms with Crippen LogP contribution in [0.1, 0.15) is 22.6 Å². The molecule has 0 saturated heterocycles. The van der Waals surface area contributed by atoms with Crippen molar-refractivity contribution in [1.82, 2.24) is 14.5 Å². The number of sulfonamides is 1. The fourth-order valence-electron chi connectivity index (χ4n) is 2.25. The van der Waals surface area contributed by atoms with Crippen LogP contribution in [0.5, 0.6) is 0 Å². The molecule has 21 heavy (non-hydrogen) atoms. The first-order valence-electron chi connectivity index (χ1n) is 6.52. The van der Waals surface area contributed by atoms with Gasteiger partial charge in [0.25, 0.3) is 0 Å². The number of furan rings is 1. The van der Waals surface area contributed by atoms with Crippen LogP contribution in [0.25, 0.3) is 0 Å². The molecule has 2 aromatic rings. The van der Waals surface area contributed by atoms with Crippen molar-refractivity contribution in [3.8, 4) is 0 Å². The Labute approximate surface area is 123 Å². The van der Waals surface area contributed by atoms with E-state index < -0.39 is 10.0 Å². The smallest absolute Gasteiger partial charge is 0.244 e. The van der Waals surface area contributed by atoms with Gasteiger partial charge in [-0.05, 0) is 25.8 Å². The van der Waals surface area contributed by atoms with Crippen molar-refractivity contribution in [3.05, 3.63) is 35.0 Å². The largest absolute Gasteiger partial charge is 0.465 e. The second-order valence-electron chi connectivity index (χ2n) is 4.85. The van der Waals surface area contributed by atoms with E-state index in [0.717, 1.165) is 5.56 Å². The van der Waals surface area contributed by atoms with Crippen LogP contribution in [0.3, 0.4) is 0 Å². The van der Waals surface area contributed by atoms with Gasteiger partial charge in [0.1, 0.15) is 16.4 Å². The van der Waals surface area contributed by atoms with Crippen LogP contribution in [0.4, 0.5) is 0 Å². The van der Waals surface area contributed by atoms with E-state index >= 15 is 0 Å². The molecular weight excluding hydrogens is 294 g/mol. The lowest BCUT2D eigenvalue weighted by molar-refractivity contribution is 0.276. The summed E-state index contributed by atoms with van der Waals surface area (Å²) < 4.78 is 34.2. The molecule has 8 heteroatoms. The van der Waals surface area contributed by atoms with E-state index in [-0.39, 0.29) is 23.8 Å². The number of hydrogen-bond donors (Lipinski definition) is 2. The van der Waals surface area contributed by atoms with Crippen molar-refractivity contribution in [1.29, 1.82) is 0 Å². The van der Waals surface area contributed by atoms with Crippen molar-refractivity contribution in [2.24, 2.45) is 7.05 Å². The zero-order valence-electron chi connectivity index (χ0n) is 12.3. The molecule has 0 bridgehead atoms. The van der Waals surface area contributed by atoms with Gasteiger partial charge in [0.15, 0.2) is 0 Å². The van der Waals surface area contributed by atoms with Gasteiger partial charge in [0.05, 0.1) is 12.8 Å². The summed E-state index contributed by atoms with van der Waals surface area (Å²) in [7, 11) is -1.90. The van der Waals surface area contributed by atoms with Crippen molar-refractivity contribution in [2.75, 3.05) is 6.54 Å². The number of aliphatic hydroxyl groups is 1. The molecule has 2 rings (SSSR count). The Morgan fingerprint density at radius 2 is 2.10 bits per heavy atom. The molecule has 0 radical (unpaired) electrons. The highest BCUT2D eigenvalue weighted by atomic mass is 32.2. The van der Waals surface area contributed by atoms with E-state index in [0.29, 0.717) is 17.7 Å². The second-order valence-corrected chi connectivity index (χ2v) is 6.55. The number of rotatable bonds is 6. The molecule has 2 heterocycles. The van der Waals surface area contributed by atoms with Crippen molar-refractivity contribution in [2.45, 2.75) is 31.8 Å². The minimum absolute atomic E-state index is 0.0358. The third-order valence-corrected chi connectivity index (χ3v) is 4.87. The van der Waals surface area contributed by atoms with Gasteiger partial charge in [-0.15, -0.1) is 0 Å². The molecular formula is C13H19N3O4S. The van der Waals surface area contributed by atoms with Gasteiger partial charge < -0.3 is 9.52 Å². The molecule has 0 fully saturated rings. The van der Waals surface area contributed by atoms with E-state index in [2.05, 4.69) is 9.82 Å². The monoisotopic (exact) mass is 313 g/mol. The van der Waals surface area contributed by atoms with Crippen molar-refractivity contribution >= 4 is 10.0 Å². The van der Waals surface area contributed by atoms with Crippen LogP contribution < -0.4 is 4.72 Å². The summed E-state index contributed by atoms with van der Waals surface area (Å²) in [6.45, 7) is 3.08. The first-order valence-corrected chi connectivity index (χ1v) is 8.00. The van der Waals surface area contributed by atoms with Crippen LogP contribution in [-0.4, -0.2) is 29.8 Å². The summed E-state index contributed by atoms with van der Waals surface area (Å²) in [4.78, 5) is 0.0358. The van der Waals surface area contributed by atoms with Crippen molar-refractivity contribution in [3.63, 3.8) is 0 Å². The van der Waals surface area contributed by atoms with E-state index in [1.165, 1.54) is 0 Å². The molecule has 2 aromatic heterocycles. The predicted molar refractivity (Wildman–Crippen MR) is 76.2 cm³/mol. The van der Waals surface area contributed by atoms with Gasteiger partial charge in [0, 0.05) is 25.4 Å². The molecule has 0 aromatic carbocycles. The number of aliphatic hydroxyl groups excluding tert-OH is 1. The highest BCUT2D eigenvalue weighted by Crippen LogP contribution is 2.26. The van der Waals surface area contributed by atoms with Crippen LogP contribution >= 0.6 is 0 Å². The Morgan fingerprint density at radius 3 is 2.67 bits per heavy atom. The Morgan fingerprint density at radius 1 is 1.38 bits per heavy atom. The summed E-state index contributed by atoms with van der Waals surface area (Å²) in [6, 6.07) is 0. The van der Waals surface area contributed by atoms with Gasteiger partial charge in [-0.25, -0.2) is 13.1 Å². The minimum Gasteiger partial charge on any atom is -0.465 e. The van der Waals surface area contributed by atoms with Crippen LogP contribution in [0, 0.1) is 13.8 Å². The molecule has 0 spiro atoms. The highest BCUT2D eigenvalue weighted by molar-refractivity contribution is 7.89. The molecule has 0 saturated carbocycles. The third kappa shape index (κ3) is 3.34. The van der Waals surface area contributed by atoms with Crippen molar-refractivity contribution < 1.29 is 17.9 Å². The Kier molecular flexibility index (Phi) is 4.50. The maximum absolute atomic E-state index is 12.3. The predicted octanol–water partition coefficient (Wildman–Crippen LogP) is 0.643. The van der Waals surface area contributed by atoms with Crippen LogP contribution in [0.15, 0.2) is 21.7 Å². The molecule has 7 nitrogen and oxygen atoms in total. The summed E-state index contributed by atoms with van der Waals surface area (Å²) in [5, 5.41) is 13.3. The first-order chi connectivity index (χ1) is 9.85. The lowest BCUT2D eigenvalue weighted by Crippen LogP contribution is -2.27. The number of nitrogens with one attached hydrogen (secondary N) is 1. The van der Waals surface area contributed by atoms with Gasteiger partial charge >= 0.3 is 0 Å². The SMILES string of the molecule is Cc1oc(C)c(S(=O)(=O)NCCc2cnn(C)c2)c1CO. The van der Waals surface area contributed by atoms with Gasteiger partial charge in [-0.1, -0.05) is 0 Å². The Hall–Kier alpha value is -1.64. The van der Waals surface area contributed by atoms with Gasteiger partial charge in [-0.2, -0.15) is 5.10 Å². The van der Waals surface area contributed by atoms with E-state index in [4.69, 9.17) is 4.42 Å². The number of aryl methyl sites for hydroxylation is 3. The average molecular weight is 313 g/mol. The van der Waals surface area contributed by atoms with E-state index in [1.54, 1.807) is 31.8 Å². The average Bonchev–Trinajstić information content (AvgIpc) is 2.92. The van der Waals surface area contributed by atoms with E-state index in [9.17, 15) is 13.5 Å². The lowest BCUT2D eigenvalue weighted by atomic mass is 10.2. The summed E-state index contributed by atoms with van der Waals surface area (Å²) >= 11 is 0. The second kappa shape index (κ2) is 6.00. The van der Waals surface area contributed by atoms with E-state index in [1.807, 2.05) is 6.20 Å². The zero-order valence-corrected chi connectivity index (χ0v) is 13.1. The molecule has 0 aliphatic heterocycles. The quantitative estimate of drug-likeness (QED) is 0.816. The molecule has 0 aliphatic carbocycles. The molecule has 0 atom stereocenters. The number of aromatic nitrogens is 2. The fraction of sp³-hybridized carbons (Fsp3) is 0.462. The highest BCUT2D eigenvalue weighted by Gasteiger charge is 2.26. The normalized spacial score (nSPS) is 12.0. The first kappa shape index (κ1) is 15.7. The summed E-state index contributed by atoms with van der Waals surface area (Å²) in [6.07, 6.45) is 4.07. The van der Waals surface area contributed by atoms with Gasteiger partial charge in [-0.3, -0.25) is 4.68 Å². The fourth-order valence-corrected chi connectivity index (χ4v) is 3.72. The van der Waals surface area contributed by atoms with Crippen LogP contribution in [-0.2, 0) is 30.1 Å². The Bertz CT molecular complexity index is 731. The molecule has 0 aliphatic rings. The standard InChI is InChI=1S/C13H19N3O4S/c1-9-12(8-17)13(10(2)20-9)21(18,19)15-5-4-11-6-14-16(3)7-11/h6-7,15,17H,4-5,8H2,1-3H3. The summed E-state index contributed by atoms with van der Waals surface area (Å²) in [5.74, 6) is 0.702. The maximum Gasteiger partial charge on any atom is 0.244 e. The zero-order chi connectivity index (χ0) is 15.6. The number of nitrogens with zero attached hydrogens (tertiary/aromatic N) is 2. The lowest BCUT2D eigenvalue weighted by Gasteiger charge is -2.07.